The molecule has 0 aromatic heterocycles. The maximum absolute atomic E-state index is 11.3. The average Bonchev–Trinajstić information content (AvgIpc) is 2.29. The molecule has 0 bridgehead atoms. The van der Waals surface area contributed by atoms with Crippen LogP contribution in [0.2, 0.25) is 5.02 Å². The Morgan fingerprint density at radius 2 is 2.16 bits per heavy atom. The van der Waals surface area contributed by atoms with Gasteiger partial charge in [0.05, 0.1) is 6.21 Å². The predicted molar refractivity (Wildman–Crippen MR) is 77.6 cm³/mol. The Morgan fingerprint density at radius 1 is 1.53 bits per heavy atom. The van der Waals surface area contributed by atoms with Crippen molar-refractivity contribution in [3.8, 4) is 0 Å². The summed E-state index contributed by atoms with van der Waals surface area (Å²) in [4.78, 5) is 11.3. The van der Waals surface area contributed by atoms with Crippen molar-refractivity contribution in [1.82, 2.24) is 5.01 Å². The number of hydrogen-bond donors (Lipinski definition) is 2. The Balaban J connectivity index is 3.17. The van der Waals surface area contributed by atoms with Crippen LogP contribution in [0.1, 0.15) is 37.8 Å². The van der Waals surface area contributed by atoms with Crippen molar-refractivity contribution in [2.75, 3.05) is 0 Å². The van der Waals surface area contributed by atoms with Gasteiger partial charge in [-0.3, -0.25) is 10.2 Å². The van der Waals surface area contributed by atoms with Crippen molar-refractivity contribution in [3.63, 3.8) is 0 Å². The lowest BCUT2D eigenvalue weighted by Crippen LogP contribution is -2.35. The van der Waals surface area contributed by atoms with Crippen LogP contribution in [0.25, 0.3) is 0 Å². The minimum atomic E-state index is -0.429. The van der Waals surface area contributed by atoms with Crippen LogP contribution in [0.5, 0.6) is 0 Å². The van der Waals surface area contributed by atoms with Gasteiger partial charge in [0.15, 0.2) is 0 Å². The van der Waals surface area contributed by atoms with Gasteiger partial charge in [-0.15, -0.1) is 0 Å². The molecule has 0 spiro atoms. The van der Waals surface area contributed by atoms with E-state index in [4.69, 9.17) is 22.7 Å². The van der Waals surface area contributed by atoms with Gasteiger partial charge in [0.2, 0.25) is 11.9 Å². The monoisotopic (exact) mass is 280 g/mol. The summed E-state index contributed by atoms with van der Waals surface area (Å²) < 4.78 is 0. The van der Waals surface area contributed by atoms with E-state index in [1.54, 1.807) is 6.07 Å². The highest BCUT2D eigenvalue weighted by atomic mass is 35.5. The fourth-order valence-corrected chi connectivity index (χ4v) is 1.85. The minimum Gasteiger partial charge on any atom is -0.368 e. The Hall–Kier alpha value is -1.88. The second kappa shape index (κ2) is 6.33. The van der Waals surface area contributed by atoms with Crippen molar-refractivity contribution in [3.05, 3.63) is 34.3 Å². The number of guanidine groups is 1. The Labute approximate surface area is 117 Å². The van der Waals surface area contributed by atoms with Crippen molar-refractivity contribution < 1.29 is 4.79 Å². The van der Waals surface area contributed by atoms with E-state index < -0.39 is 11.9 Å². The van der Waals surface area contributed by atoms with Crippen molar-refractivity contribution in [1.29, 1.82) is 5.41 Å². The lowest BCUT2D eigenvalue weighted by molar-refractivity contribution is -0.125. The van der Waals surface area contributed by atoms with Crippen LogP contribution in [0.15, 0.2) is 23.3 Å². The van der Waals surface area contributed by atoms with E-state index in [9.17, 15) is 4.79 Å². The highest BCUT2D eigenvalue weighted by Crippen LogP contribution is 2.24. The zero-order chi connectivity index (χ0) is 14.6. The highest BCUT2D eigenvalue weighted by Gasteiger charge is 2.12. The van der Waals surface area contributed by atoms with Gasteiger partial charge in [0, 0.05) is 17.5 Å². The second-order valence-corrected chi connectivity index (χ2v) is 4.77. The summed E-state index contributed by atoms with van der Waals surface area (Å²) in [6.45, 7) is 5.36. The predicted octanol–water partition coefficient (Wildman–Crippen LogP) is 2.54. The molecule has 102 valence electrons. The van der Waals surface area contributed by atoms with Gasteiger partial charge in [-0.05, 0) is 17.5 Å². The first-order valence-corrected chi connectivity index (χ1v) is 6.19. The third-order valence-corrected chi connectivity index (χ3v) is 2.87. The van der Waals surface area contributed by atoms with Crippen molar-refractivity contribution in [2.45, 2.75) is 26.7 Å². The molecule has 1 aromatic rings. The molecule has 0 atom stereocenters. The third kappa shape index (κ3) is 3.79. The van der Waals surface area contributed by atoms with Gasteiger partial charge in [-0.2, -0.15) is 10.1 Å². The van der Waals surface area contributed by atoms with Crippen LogP contribution in [0.4, 0.5) is 0 Å². The molecule has 0 aliphatic rings. The molecule has 0 fully saturated rings. The molecule has 5 nitrogen and oxygen atoms in total. The smallest absolute Gasteiger partial charge is 0.246 e. The molecule has 0 saturated carbocycles. The molecule has 0 saturated heterocycles. The van der Waals surface area contributed by atoms with Crippen LogP contribution >= 0.6 is 11.6 Å². The van der Waals surface area contributed by atoms with Crippen LogP contribution in [0, 0.1) is 5.41 Å². The van der Waals surface area contributed by atoms with Crippen LogP contribution in [-0.4, -0.2) is 23.1 Å². The molecule has 3 N–H and O–H groups in total. The summed E-state index contributed by atoms with van der Waals surface area (Å²) in [6.07, 6.45) is 1.46. The molecule has 1 amide bonds. The average molecular weight is 281 g/mol. The first kappa shape index (κ1) is 15.2. The number of hydrogen-bond acceptors (Lipinski definition) is 3. The van der Waals surface area contributed by atoms with Gasteiger partial charge < -0.3 is 5.73 Å². The topological polar surface area (TPSA) is 82.5 Å². The lowest BCUT2D eigenvalue weighted by atomic mass is 9.98. The van der Waals surface area contributed by atoms with Gasteiger partial charge in [0.1, 0.15) is 0 Å². The van der Waals surface area contributed by atoms with Gasteiger partial charge >= 0.3 is 0 Å². The summed E-state index contributed by atoms with van der Waals surface area (Å²) >= 11 is 6.14. The summed E-state index contributed by atoms with van der Waals surface area (Å²) in [5.41, 5.74) is 7.02. The zero-order valence-corrected chi connectivity index (χ0v) is 11.9. The number of halogens is 1. The molecule has 0 aliphatic carbocycles. The number of carbonyl (C=O) groups is 1. The van der Waals surface area contributed by atoms with Crippen molar-refractivity contribution >= 4 is 29.7 Å². The summed E-state index contributed by atoms with van der Waals surface area (Å²) in [5.74, 6) is -0.591. The van der Waals surface area contributed by atoms with E-state index in [1.165, 1.54) is 13.1 Å². The van der Waals surface area contributed by atoms with Crippen LogP contribution in [0.3, 0.4) is 0 Å². The molecule has 1 aromatic carbocycles. The number of nitrogens with one attached hydrogen (secondary N) is 1. The van der Waals surface area contributed by atoms with Crippen molar-refractivity contribution in [2.24, 2.45) is 10.8 Å². The second-order valence-electron chi connectivity index (χ2n) is 4.36. The fraction of sp³-hybridized carbons (Fsp3) is 0.308. The molecule has 6 heteroatoms. The number of carbonyl (C=O) groups excluding carboxylic acids is 1. The first-order chi connectivity index (χ1) is 8.84. The molecule has 19 heavy (non-hydrogen) atoms. The molecular formula is C13H17ClN4O. The maximum Gasteiger partial charge on any atom is 0.246 e. The maximum atomic E-state index is 11.3. The summed E-state index contributed by atoms with van der Waals surface area (Å²) in [7, 11) is 0. The van der Waals surface area contributed by atoms with Gasteiger partial charge in [0.25, 0.3) is 0 Å². The first-order valence-electron chi connectivity index (χ1n) is 5.81. The summed E-state index contributed by atoms with van der Waals surface area (Å²) in [6, 6.07) is 5.56. The number of amides is 1. The molecular weight excluding hydrogens is 264 g/mol. The third-order valence-electron chi connectivity index (χ3n) is 2.54. The number of nitrogens with zero attached hydrogens (tertiary/aromatic N) is 2. The van der Waals surface area contributed by atoms with Gasteiger partial charge in [-0.25, -0.2) is 0 Å². The quantitative estimate of drug-likeness (QED) is 0.507. The largest absolute Gasteiger partial charge is 0.368 e. The molecule has 1 rings (SSSR count). The normalized spacial score (nSPS) is 11.0. The number of nitrogens with two attached hydrogens (primary N) is 1. The number of benzene rings is 1. The lowest BCUT2D eigenvalue weighted by Gasteiger charge is -2.14. The van der Waals surface area contributed by atoms with E-state index in [0.717, 1.165) is 16.1 Å². The van der Waals surface area contributed by atoms with E-state index in [0.29, 0.717) is 5.02 Å². The standard InChI is InChI=1S/C13H17ClN4O/c1-8(2)10-5-4-6-12(14)11(10)7-17-18(9(3)19)13(15)16/h4-8H,1-3H3,(H3,15,16)/b17-7+. The van der Waals surface area contributed by atoms with E-state index in [-0.39, 0.29) is 5.92 Å². The summed E-state index contributed by atoms with van der Waals surface area (Å²) in [5, 5.41) is 12.6. The molecule has 0 unspecified atom stereocenters. The Bertz CT molecular complexity index is 511. The van der Waals surface area contributed by atoms with E-state index in [1.807, 2.05) is 26.0 Å². The SMILES string of the molecule is CC(=O)N(/N=C/c1c(Cl)cccc1C(C)C)C(=N)N. The van der Waals surface area contributed by atoms with Crippen LogP contribution in [-0.2, 0) is 4.79 Å². The van der Waals surface area contributed by atoms with Gasteiger partial charge in [-0.1, -0.05) is 37.6 Å². The fourth-order valence-electron chi connectivity index (χ4n) is 1.62. The Morgan fingerprint density at radius 3 is 2.63 bits per heavy atom. The van der Waals surface area contributed by atoms with E-state index >= 15 is 0 Å². The molecule has 0 heterocycles. The Kier molecular flexibility index (Phi) is 5.06. The highest BCUT2D eigenvalue weighted by molar-refractivity contribution is 6.33. The minimum absolute atomic E-state index is 0.267. The molecule has 0 radical (unpaired) electrons. The zero-order valence-electron chi connectivity index (χ0n) is 11.1. The van der Waals surface area contributed by atoms with Crippen LogP contribution < -0.4 is 5.73 Å². The molecule has 0 aliphatic heterocycles. The van der Waals surface area contributed by atoms with E-state index in [2.05, 4.69) is 5.10 Å². The number of hydrazone groups is 1. The number of rotatable bonds is 3.